The van der Waals surface area contributed by atoms with Gasteiger partial charge in [0, 0.05) is 12.1 Å². The number of hydrogen-bond acceptors (Lipinski definition) is 2. The van der Waals surface area contributed by atoms with E-state index >= 15 is 0 Å². The Morgan fingerprint density at radius 1 is 1.43 bits per heavy atom. The van der Waals surface area contributed by atoms with Gasteiger partial charge in [0.25, 0.3) is 5.91 Å². The smallest absolute Gasteiger partial charge is 0.252 e. The minimum Gasteiger partial charge on any atom is -0.351 e. The van der Waals surface area contributed by atoms with Crippen LogP contribution in [0.3, 0.4) is 0 Å². The minimum atomic E-state index is -0.0280. The molecule has 3 heteroatoms. The Morgan fingerprint density at radius 2 is 2.19 bits per heavy atom. The number of nitrogens with two attached hydrogens (primary N) is 1. The molecule has 0 aliphatic heterocycles. The molecule has 1 saturated carbocycles. The molecular formula is C18H24N2O. The Kier molecular flexibility index (Phi) is 5.03. The summed E-state index contributed by atoms with van der Waals surface area (Å²) in [5.41, 5.74) is 8.21. The molecule has 0 bridgehead atoms. The molecule has 1 aromatic carbocycles. The van der Waals surface area contributed by atoms with Gasteiger partial charge in [-0.2, -0.15) is 0 Å². The largest absolute Gasteiger partial charge is 0.351 e. The second-order valence-electron chi connectivity index (χ2n) is 5.94. The van der Waals surface area contributed by atoms with Gasteiger partial charge in [-0.3, -0.25) is 4.79 Å². The zero-order chi connectivity index (χ0) is 15.3. The van der Waals surface area contributed by atoms with Crippen LogP contribution in [0.15, 0.2) is 18.2 Å². The first-order valence-electron chi connectivity index (χ1n) is 7.68. The van der Waals surface area contributed by atoms with Crippen molar-refractivity contribution in [1.29, 1.82) is 0 Å². The predicted molar refractivity (Wildman–Crippen MR) is 86.0 cm³/mol. The summed E-state index contributed by atoms with van der Waals surface area (Å²) in [6.07, 6.45) is 4.84. The molecule has 0 heterocycles. The van der Waals surface area contributed by atoms with Crippen LogP contribution in [0.25, 0.3) is 0 Å². The van der Waals surface area contributed by atoms with E-state index in [1.54, 1.807) is 0 Å². The van der Waals surface area contributed by atoms with Gasteiger partial charge >= 0.3 is 0 Å². The first kappa shape index (κ1) is 15.6. The normalized spacial score (nSPS) is 15.6. The average Bonchev–Trinajstić information content (AvgIpc) is 2.45. The summed E-state index contributed by atoms with van der Waals surface area (Å²) in [6.45, 7) is 5.25. The molecule has 0 aromatic heterocycles. The van der Waals surface area contributed by atoms with Crippen LogP contribution < -0.4 is 11.1 Å². The fourth-order valence-electron chi connectivity index (χ4n) is 2.80. The minimum absolute atomic E-state index is 0.0280. The number of benzene rings is 1. The van der Waals surface area contributed by atoms with Crippen LogP contribution in [0.4, 0.5) is 0 Å². The van der Waals surface area contributed by atoms with Crippen LogP contribution in [0.1, 0.15) is 54.1 Å². The van der Waals surface area contributed by atoms with Gasteiger partial charge in [0.05, 0.1) is 12.1 Å². The molecule has 1 aromatic rings. The standard InChI is InChI=1S/C18H24N2O/c1-3-18(9-5-10-18)13-20-17(21)16-12-14(2)7-8-15(16)6-4-11-19/h7-8,12H,3,5,9-11,13,19H2,1-2H3,(H,20,21). The van der Waals surface area contributed by atoms with Gasteiger partial charge < -0.3 is 11.1 Å². The van der Waals surface area contributed by atoms with E-state index < -0.39 is 0 Å². The number of carbonyl (C=O) groups is 1. The highest BCUT2D eigenvalue weighted by Gasteiger charge is 2.35. The highest BCUT2D eigenvalue weighted by molar-refractivity contribution is 5.97. The van der Waals surface area contributed by atoms with Crippen LogP contribution in [-0.4, -0.2) is 19.0 Å². The van der Waals surface area contributed by atoms with E-state index in [1.807, 2.05) is 25.1 Å². The Hall–Kier alpha value is -1.79. The fraction of sp³-hybridized carbons (Fsp3) is 0.500. The van der Waals surface area contributed by atoms with Crippen molar-refractivity contribution in [2.45, 2.75) is 39.5 Å². The topological polar surface area (TPSA) is 55.1 Å². The molecular weight excluding hydrogens is 260 g/mol. The molecule has 0 saturated heterocycles. The Labute approximate surface area is 127 Å². The Balaban J connectivity index is 2.12. The summed E-state index contributed by atoms with van der Waals surface area (Å²) in [5, 5.41) is 3.10. The van der Waals surface area contributed by atoms with E-state index in [9.17, 15) is 4.79 Å². The summed E-state index contributed by atoms with van der Waals surface area (Å²) >= 11 is 0. The van der Waals surface area contributed by atoms with E-state index in [2.05, 4.69) is 24.1 Å². The van der Waals surface area contributed by atoms with Crippen LogP contribution in [0.2, 0.25) is 0 Å². The Bertz CT molecular complexity index is 571. The molecule has 1 aliphatic rings. The first-order valence-corrected chi connectivity index (χ1v) is 7.68. The molecule has 1 fully saturated rings. The molecule has 3 nitrogen and oxygen atoms in total. The number of amides is 1. The van der Waals surface area contributed by atoms with Gasteiger partial charge in [0.1, 0.15) is 0 Å². The molecule has 112 valence electrons. The molecule has 0 spiro atoms. The summed E-state index contributed by atoms with van der Waals surface area (Å²) in [7, 11) is 0. The van der Waals surface area contributed by atoms with E-state index in [-0.39, 0.29) is 5.91 Å². The van der Waals surface area contributed by atoms with Gasteiger partial charge in [0.15, 0.2) is 0 Å². The van der Waals surface area contributed by atoms with E-state index in [4.69, 9.17) is 5.73 Å². The van der Waals surface area contributed by atoms with E-state index in [0.29, 0.717) is 17.5 Å². The zero-order valence-corrected chi connectivity index (χ0v) is 13.0. The zero-order valence-electron chi connectivity index (χ0n) is 13.0. The summed E-state index contributed by atoms with van der Waals surface area (Å²) < 4.78 is 0. The van der Waals surface area contributed by atoms with Crippen LogP contribution in [0.5, 0.6) is 0 Å². The van der Waals surface area contributed by atoms with Crippen molar-refractivity contribution in [3.8, 4) is 11.8 Å². The third-order valence-corrected chi connectivity index (χ3v) is 4.53. The predicted octanol–water partition coefficient (Wildman–Crippen LogP) is 2.62. The number of carbonyl (C=O) groups excluding carboxylic acids is 1. The van der Waals surface area contributed by atoms with Crippen molar-refractivity contribution in [1.82, 2.24) is 5.32 Å². The SMILES string of the molecule is CCC1(CNC(=O)c2cc(C)ccc2C#CCN)CCC1. The summed E-state index contributed by atoms with van der Waals surface area (Å²) in [6, 6.07) is 5.76. The van der Waals surface area contributed by atoms with Gasteiger partial charge in [-0.15, -0.1) is 0 Å². The van der Waals surface area contributed by atoms with Crippen molar-refractivity contribution in [3.05, 3.63) is 34.9 Å². The highest BCUT2D eigenvalue weighted by atomic mass is 16.1. The lowest BCUT2D eigenvalue weighted by Crippen LogP contribution is -2.41. The van der Waals surface area contributed by atoms with Gasteiger partial charge in [-0.05, 0) is 43.7 Å². The van der Waals surface area contributed by atoms with Crippen LogP contribution in [-0.2, 0) is 0 Å². The summed E-state index contributed by atoms with van der Waals surface area (Å²) in [4.78, 5) is 12.5. The molecule has 2 rings (SSSR count). The lowest BCUT2D eigenvalue weighted by molar-refractivity contribution is 0.0850. The maximum absolute atomic E-state index is 12.5. The monoisotopic (exact) mass is 284 g/mol. The average molecular weight is 284 g/mol. The van der Waals surface area contributed by atoms with Gasteiger partial charge in [0.2, 0.25) is 0 Å². The number of rotatable bonds is 4. The highest BCUT2D eigenvalue weighted by Crippen LogP contribution is 2.43. The fourth-order valence-corrected chi connectivity index (χ4v) is 2.80. The maximum Gasteiger partial charge on any atom is 0.252 e. The number of hydrogen-bond donors (Lipinski definition) is 2. The lowest BCUT2D eigenvalue weighted by Gasteiger charge is -2.41. The molecule has 1 aliphatic carbocycles. The van der Waals surface area contributed by atoms with E-state index in [0.717, 1.165) is 24.1 Å². The van der Waals surface area contributed by atoms with Crippen molar-refractivity contribution in [2.24, 2.45) is 11.1 Å². The first-order chi connectivity index (χ1) is 10.1. The molecule has 0 unspecified atom stereocenters. The van der Waals surface area contributed by atoms with Crippen molar-refractivity contribution < 1.29 is 4.79 Å². The van der Waals surface area contributed by atoms with Gasteiger partial charge in [-0.25, -0.2) is 0 Å². The molecule has 3 N–H and O–H groups in total. The van der Waals surface area contributed by atoms with Crippen LogP contribution in [0, 0.1) is 24.2 Å². The molecule has 21 heavy (non-hydrogen) atoms. The number of nitrogens with one attached hydrogen (secondary N) is 1. The second-order valence-corrected chi connectivity index (χ2v) is 5.94. The lowest BCUT2D eigenvalue weighted by atomic mass is 9.67. The quantitative estimate of drug-likeness (QED) is 0.835. The number of aryl methyl sites for hydroxylation is 1. The Morgan fingerprint density at radius 3 is 2.76 bits per heavy atom. The third kappa shape index (κ3) is 3.65. The molecule has 0 atom stereocenters. The summed E-state index contributed by atoms with van der Waals surface area (Å²) in [5.74, 6) is 5.78. The van der Waals surface area contributed by atoms with Crippen molar-refractivity contribution in [3.63, 3.8) is 0 Å². The third-order valence-electron chi connectivity index (χ3n) is 4.53. The van der Waals surface area contributed by atoms with E-state index in [1.165, 1.54) is 19.3 Å². The van der Waals surface area contributed by atoms with Crippen LogP contribution >= 0.6 is 0 Å². The molecule has 1 amide bonds. The van der Waals surface area contributed by atoms with Crippen molar-refractivity contribution >= 4 is 5.91 Å². The maximum atomic E-state index is 12.5. The van der Waals surface area contributed by atoms with Crippen molar-refractivity contribution in [2.75, 3.05) is 13.1 Å². The second kappa shape index (κ2) is 6.78. The van der Waals surface area contributed by atoms with Gasteiger partial charge in [-0.1, -0.05) is 36.8 Å². The molecule has 0 radical (unpaired) electrons.